The first-order chi connectivity index (χ1) is 10.6. The molecular formula is C18H23FN2O. The lowest BCUT2D eigenvalue weighted by Gasteiger charge is -2.25. The molecule has 1 unspecified atom stereocenters. The molecule has 1 amide bonds. The molecule has 1 aliphatic carbocycles. The van der Waals surface area contributed by atoms with E-state index in [9.17, 15) is 9.18 Å². The monoisotopic (exact) mass is 302 g/mol. The normalized spacial score (nSPS) is 17.7. The van der Waals surface area contributed by atoms with Crippen LogP contribution in [0.3, 0.4) is 0 Å². The number of benzene rings is 1. The number of nitrogens with one attached hydrogen (secondary N) is 2. The molecule has 0 saturated heterocycles. The summed E-state index contributed by atoms with van der Waals surface area (Å²) in [6, 6.07) is 5.07. The fraction of sp³-hybridized carbons (Fsp3) is 0.500. The molecule has 1 heterocycles. The molecule has 0 bridgehead atoms. The second-order valence-electron chi connectivity index (χ2n) is 6.23. The highest BCUT2D eigenvalue weighted by Gasteiger charge is 2.25. The van der Waals surface area contributed by atoms with E-state index in [1.54, 1.807) is 6.07 Å². The van der Waals surface area contributed by atoms with Gasteiger partial charge in [0.1, 0.15) is 5.82 Å². The van der Waals surface area contributed by atoms with E-state index >= 15 is 0 Å². The Balaban J connectivity index is 1.78. The molecular weight excluding hydrogens is 279 g/mol. The van der Waals surface area contributed by atoms with Crippen LogP contribution in [-0.4, -0.2) is 16.9 Å². The van der Waals surface area contributed by atoms with Crippen molar-refractivity contribution in [2.75, 3.05) is 0 Å². The topological polar surface area (TPSA) is 44.9 Å². The fourth-order valence-electron chi connectivity index (χ4n) is 3.50. The van der Waals surface area contributed by atoms with Gasteiger partial charge in [-0.15, -0.1) is 0 Å². The zero-order valence-electron chi connectivity index (χ0n) is 13.2. The summed E-state index contributed by atoms with van der Waals surface area (Å²) in [6.07, 6.45) is 4.43. The summed E-state index contributed by atoms with van der Waals surface area (Å²) in [5, 5.41) is 4.28. The van der Waals surface area contributed by atoms with Crippen LogP contribution < -0.4 is 5.32 Å². The molecule has 2 N–H and O–H groups in total. The minimum absolute atomic E-state index is 0.110. The van der Waals surface area contributed by atoms with Crippen LogP contribution in [0.1, 0.15) is 44.4 Å². The molecule has 1 aliphatic rings. The van der Waals surface area contributed by atoms with Crippen molar-refractivity contribution in [3.63, 3.8) is 0 Å². The summed E-state index contributed by atoms with van der Waals surface area (Å²) in [4.78, 5) is 15.6. The number of halogens is 1. The zero-order valence-corrected chi connectivity index (χ0v) is 13.2. The Hall–Kier alpha value is -1.84. The van der Waals surface area contributed by atoms with Gasteiger partial charge >= 0.3 is 0 Å². The van der Waals surface area contributed by atoms with Gasteiger partial charge in [-0.05, 0) is 55.9 Å². The molecule has 3 nitrogen and oxygen atoms in total. The minimum Gasteiger partial charge on any atom is -0.358 e. The molecule has 4 heteroatoms. The van der Waals surface area contributed by atoms with Crippen molar-refractivity contribution in [2.24, 2.45) is 5.92 Å². The maximum Gasteiger partial charge on any atom is 0.223 e. The highest BCUT2D eigenvalue weighted by molar-refractivity contribution is 5.85. The summed E-state index contributed by atoms with van der Waals surface area (Å²) in [5.74, 6) is 0.0625. The number of aromatic amines is 1. The molecule has 0 saturated carbocycles. The number of aromatic nitrogens is 1. The lowest BCUT2D eigenvalue weighted by Crippen LogP contribution is -2.41. The number of H-pyrrole nitrogens is 1. The van der Waals surface area contributed by atoms with Crippen LogP contribution in [-0.2, 0) is 17.6 Å². The maximum absolute atomic E-state index is 13.3. The van der Waals surface area contributed by atoms with Crippen molar-refractivity contribution in [2.45, 2.75) is 52.0 Å². The number of carbonyl (C=O) groups excluding carboxylic acids is 1. The maximum atomic E-state index is 13.3. The summed E-state index contributed by atoms with van der Waals surface area (Å²) >= 11 is 0. The Labute approximate surface area is 130 Å². The van der Waals surface area contributed by atoms with E-state index in [2.05, 4.69) is 24.1 Å². The highest BCUT2D eigenvalue weighted by Crippen LogP contribution is 2.29. The van der Waals surface area contributed by atoms with E-state index in [0.29, 0.717) is 0 Å². The van der Waals surface area contributed by atoms with Crippen molar-refractivity contribution in [3.05, 3.63) is 35.3 Å². The van der Waals surface area contributed by atoms with Gasteiger partial charge in [0.05, 0.1) is 0 Å². The van der Waals surface area contributed by atoms with Gasteiger partial charge in [-0.25, -0.2) is 4.39 Å². The molecule has 1 atom stereocenters. The molecule has 1 aromatic carbocycles. The average Bonchev–Trinajstić information content (AvgIpc) is 2.85. The van der Waals surface area contributed by atoms with Crippen LogP contribution in [0, 0.1) is 11.7 Å². The fourth-order valence-corrected chi connectivity index (χ4v) is 3.50. The van der Waals surface area contributed by atoms with Crippen molar-refractivity contribution < 1.29 is 9.18 Å². The molecule has 3 rings (SSSR count). The molecule has 0 spiro atoms. The number of hydrogen-bond donors (Lipinski definition) is 2. The van der Waals surface area contributed by atoms with Gasteiger partial charge in [0.15, 0.2) is 0 Å². The summed E-state index contributed by atoms with van der Waals surface area (Å²) in [7, 11) is 0. The van der Waals surface area contributed by atoms with Gasteiger partial charge in [0, 0.05) is 28.6 Å². The molecule has 0 aliphatic heterocycles. The minimum atomic E-state index is -0.218. The van der Waals surface area contributed by atoms with Crippen LogP contribution in [0.5, 0.6) is 0 Å². The van der Waals surface area contributed by atoms with Crippen molar-refractivity contribution in [1.82, 2.24) is 10.3 Å². The van der Waals surface area contributed by atoms with E-state index in [1.165, 1.54) is 17.3 Å². The second-order valence-corrected chi connectivity index (χ2v) is 6.23. The van der Waals surface area contributed by atoms with Crippen molar-refractivity contribution in [1.29, 1.82) is 0 Å². The lowest BCUT2D eigenvalue weighted by molar-refractivity contribution is -0.126. The number of amides is 1. The molecule has 0 fully saturated rings. The Kier molecular flexibility index (Phi) is 4.19. The molecule has 22 heavy (non-hydrogen) atoms. The summed E-state index contributed by atoms with van der Waals surface area (Å²) in [5.41, 5.74) is 3.28. The van der Waals surface area contributed by atoms with Crippen LogP contribution in [0.25, 0.3) is 10.9 Å². The van der Waals surface area contributed by atoms with Crippen molar-refractivity contribution >= 4 is 16.8 Å². The average molecular weight is 302 g/mol. The molecule has 2 aromatic rings. The second kappa shape index (κ2) is 6.11. The quantitative estimate of drug-likeness (QED) is 0.888. The van der Waals surface area contributed by atoms with Gasteiger partial charge < -0.3 is 10.3 Å². The number of aryl methyl sites for hydroxylation is 1. The summed E-state index contributed by atoms with van der Waals surface area (Å²) < 4.78 is 13.3. The number of fused-ring (bicyclic) bond motifs is 3. The molecule has 1 aromatic heterocycles. The predicted molar refractivity (Wildman–Crippen MR) is 86.3 cm³/mol. The Morgan fingerprint density at radius 1 is 1.41 bits per heavy atom. The van der Waals surface area contributed by atoms with E-state index in [4.69, 9.17) is 0 Å². The zero-order chi connectivity index (χ0) is 15.7. The first-order valence-electron chi connectivity index (χ1n) is 8.21. The van der Waals surface area contributed by atoms with E-state index in [-0.39, 0.29) is 23.7 Å². The highest BCUT2D eigenvalue weighted by atomic mass is 19.1. The van der Waals surface area contributed by atoms with Gasteiger partial charge in [0.2, 0.25) is 5.91 Å². The third-order valence-electron chi connectivity index (χ3n) is 4.85. The van der Waals surface area contributed by atoms with Crippen LogP contribution in [0.4, 0.5) is 4.39 Å². The van der Waals surface area contributed by atoms with Crippen molar-refractivity contribution in [3.8, 4) is 0 Å². The van der Waals surface area contributed by atoms with E-state index in [1.807, 2.05) is 6.07 Å². The Bertz CT molecular complexity index is 688. The van der Waals surface area contributed by atoms with Crippen LogP contribution in [0.15, 0.2) is 18.2 Å². The lowest BCUT2D eigenvalue weighted by atomic mass is 9.90. The molecule has 118 valence electrons. The molecule has 0 radical (unpaired) electrons. The van der Waals surface area contributed by atoms with Gasteiger partial charge in [-0.2, -0.15) is 0 Å². The third kappa shape index (κ3) is 2.74. The first-order valence-corrected chi connectivity index (χ1v) is 8.21. The Morgan fingerprint density at radius 3 is 2.91 bits per heavy atom. The van der Waals surface area contributed by atoms with Gasteiger partial charge in [0.25, 0.3) is 0 Å². The first kappa shape index (κ1) is 15.1. The Morgan fingerprint density at radius 2 is 2.18 bits per heavy atom. The van der Waals surface area contributed by atoms with E-state index < -0.39 is 0 Å². The van der Waals surface area contributed by atoms with Crippen LogP contribution in [0.2, 0.25) is 0 Å². The number of rotatable bonds is 4. The largest absolute Gasteiger partial charge is 0.358 e. The number of hydrogen-bond acceptors (Lipinski definition) is 1. The predicted octanol–water partition coefficient (Wildman–Crippen LogP) is 3.72. The SMILES string of the molecule is CCC(CC)C(=O)NC1CCc2[nH]c3cc(F)ccc3c2C1. The smallest absolute Gasteiger partial charge is 0.223 e. The van der Waals surface area contributed by atoms with Gasteiger partial charge in [-0.1, -0.05) is 13.8 Å². The summed E-state index contributed by atoms with van der Waals surface area (Å²) in [6.45, 7) is 4.11. The van der Waals surface area contributed by atoms with Crippen LogP contribution >= 0.6 is 0 Å². The standard InChI is InChI=1S/C18H23FN2O/c1-3-11(4-2)18(22)20-13-6-8-16-15(10-13)14-7-5-12(19)9-17(14)21-16/h5,7,9,11,13,21H,3-4,6,8,10H2,1-2H3,(H,20,22). The van der Waals surface area contributed by atoms with Gasteiger partial charge in [-0.3, -0.25) is 4.79 Å². The van der Waals surface area contributed by atoms with E-state index in [0.717, 1.165) is 43.0 Å². The number of carbonyl (C=O) groups is 1. The third-order valence-corrected chi connectivity index (χ3v) is 4.85.